The first-order valence-electron chi connectivity index (χ1n) is 5.14. The van der Waals surface area contributed by atoms with Gasteiger partial charge in [0.1, 0.15) is 5.60 Å². The second-order valence-corrected chi connectivity index (χ2v) is 4.95. The summed E-state index contributed by atoms with van der Waals surface area (Å²) >= 11 is 0. The molecule has 1 heterocycles. The number of likely N-dealkylation sites (tertiary alicyclic amines) is 1. The van der Waals surface area contributed by atoms with Gasteiger partial charge < -0.3 is 9.64 Å². The van der Waals surface area contributed by atoms with Gasteiger partial charge in [-0.1, -0.05) is 0 Å². The first kappa shape index (κ1) is 13.1. The zero-order valence-corrected chi connectivity index (χ0v) is 9.60. The number of rotatable bonds is 0. The van der Waals surface area contributed by atoms with Crippen LogP contribution in [0, 0.1) is 5.92 Å². The maximum absolute atomic E-state index is 12.4. The van der Waals surface area contributed by atoms with Crippen LogP contribution in [0.4, 0.5) is 18.0 Å². The number of halogens is 3. The molecule has 1 aliphatic heterocycles. The molecule has 0 saturated carbocycles. The molecule has 0 aromatic heterocycles. The highest BCUT2D eigenvalue weighted by molar-refractivity contribution is 5.68. The van der Waals surface area contributed by atoms with Crippen molar-refractivity contribution in [3.05, 3.63) is 0 Å². The van der Waals surface area contributed by atoms with Crippen LogP contribution in [0.15, 0.2) is 0 Å². The fourth-order valence-electron chi connectivity index (χ4n) is 1.52. The molecule has 0 N–H and O–H groups in total. The second-order valence-electron chi connectivity index (χ2n) is 4.95. The van der Waals surface area contributed by atoms with E-state index >= 15 is 0 Å². The van der Waals surface area contributed by atoms with Gasteiger partial charge in [0.2, 0.25) is 0 Å². The fraction of sp³-hybridized carbons (Fsp3) is 0.900. The zero-order valence-electron chi connectivity index (χ0n) is 9.60. The lowest BCUT2D eigenvalue weighted by atomic mass is 10.1. The van der Waals surface area contributed by atoms with Crippen molar-refractivity contribution in [2.24, 2.45) is 5.92 Å². The maximum atomic E-state index is 12.4. The summed E-state index contributed by atoms with van der Waals surface area (Å²) in [6.45, 7) is 4.87. The third kappa shape index (κ3) is 3.57. The number of hydrogen-bond acceptors (Lipinski definition) is 2. The molecule has 0 aromatic rings. The van der Waals surface area contributed by atoms with Crippen molar-refractivity contribution >= 4 is 6.09 Å². The van der Waals surface area contributed by atoms with Crippen molar-refractivity contribution in [2.45, 2.75) is 39.0 Å². The van der Waals surface area contributed by atoms with Crippen LogP contribution in [-0.2, 0) is 4.74 Å². The number of carbonyl (C=O) groups excluding carboxylic acids is 1. The van der Waals surface area contributed by atoms with E-state index in [1.54, 1.807) is 20.8 Å². The Morgan fingerprint density at radius 1 is 1.31 bits per heavy atom. The largest absolute Gasteiger partial charge is 0.444 e. The molecule has 1 rings (SSSR count). The first-order chi connectivity index (χ1) is 7.09. The molecule has 6 heteroatoms. The summed E-state index contributed by atoms with van der Waals surface area (Å²) in [5, 5.41) is 0. The van der Waals surface area contributed by atoms with Gasteiger partial charge in [-0.05, 0) is 27.2 Å². The Morgan fingerprint density at radius 2 is 1.88 bits per heavy atom. The van der Waals surface area contributed by atoms with E-state index in [4.69, 9.17) is 4.74 Å². The highest BCUT2D eigenvalue weighted by Gasteiger charge is 2.45. The van der Waals surface area contributed by atoms with Crippen molar-refractivity contribution in [1.82, 2.24) is 4.90 Å². The molecule has 3 nitrogen and oxygen atoms in total. The smallest absolute Gasteiger partial charge is 0.410 e. The highest BCUT2D eigenvalue weighted by atomic mass is 19.4. The minimum Gasteiger partial charge on any atom is -0.444 e. The van der Waals surface area contributed by atoms with E-state index in [0.717, 1.165) is 4.90 Å². The zero-order chi connectivity index (χ0) is 12.6. The Hall–Kier alpha value is -0.940. The molecule has 0 bridgehead atoms. The van der Waals surface area contributed by atoms with Crippen LogP contribution in [0.3, 0.4) is 0 Å². The van der Waals surface area contributed by atoms with E-state index in [2.05, 4.69) is 0 Å². The number of nitrogens with zero attached hydrogens (tertiary/aromatic N) is 1. The van der Waals surface area contributed by atoms with Gasteiger partial charge in [0.25, 0.3) is 0 Å². The molecule has 1 atom stereocenters. The molecule has 0 aromatic carbocycles. The van der Waals surface area contributed by atoms with Crippen LogP contribution < -0.4 is 0 Å². The van der Waals surface area contributed by atoms with Gasteiger partial charge in [0.15, 0.2) is 0 Å². The monoisotopic (exact) mass is 239 g/mol. The number of ether oxygens (including phenoxy) is 1. The van der Waals surface area contributed by atoms with E-state index < -0.39 is 23.8 Å². The number of hydrogen-bond donors (Lipinski definition) is 0. The summed E-state index contributed by atoms with van der Waals surface area (Å²) < 4.78 is 42.1. The van der Waals surface area contributed by atoms with Gasteiger partial charge in [0.05, 0.1) is 5.92 Å². The highest BCUT2D eigenvalue weighted by Crippen LogP contribution is 2.33. The van der Waals surface area contributed by atoms with Crippen LogP contribution in [0.1, 0.15) is 27.2 Å². The minimum absolute atomic E-state index is 0.0389. The normalized spacial score (nSPS) is 22.4. The van der Waals surface area contributed by atoms with Gasteiger partial charge in [-0.25, -0.2) is 4.79 Å². The third-order valence-electron chi connectivity index (χ3n) is 2.30. The van der Waals surface area contributed by atoms with Crippen molar-refractivity contribution in [3.63, 3.8) is 0 Å². The Morgan fingerprint density at radius 3 is 2.25 bits per heavy atom. The van der Waals surface area contributed by atoms with E-state index in [-0.39, 0.29) is 19.5 Å². The van der Waals surface area contributed by atoms with E-state index in [9.17, 15) is 18.0 Å². The molecule has 1 aliphatic rings. The maximum Gasteiger partial charge on any atom is 0.410 e. The molecular weight excluding hydrogens is 223 g/mol. The molecule has 0 unspecified atom stereocenters. The Labute approximate surface area is 92.5 Å². The molecule has 1 saturated heterocycles. The topological polar surface area (TPSA) is 29.5 Å². The average Bonchev–Trinajstić information content (AvgIpc) is 2.46. The molecule has 94 valence electrons. The van der Waals surface area contributed by atoms with Gasteiger partial charge in [0, 0.05) is 13.1 Å². The molecule has 16 heavy (non-hydrogen) atoms. The number of alkyl halides is 3. The predicted octanol–water partition coefficient (Wildman–Crippen LogP) is 2.81. The summed E-state index contributed by atoms with van der Waals surface area (Å²) in [7, 11) is 0. The van der Waals surface area contributed by atoms with Gasteiger partial charge in [-0.3, -0.25) is 0 Å². The lowest BCUT2D eigenvalue weighted by Gasteiger charge is -2.24. The van der Waals surface area contributed by atoms with E-state index in [0.29, 0.717) is 0 Å². The molecular formula is C10H16F3NO2. The SMILES string of the molecule is CC(C)(C)OC(=O)N1CC[C@H](C(F)(F)F)C1. The fourth-order valence-corrected chi connectivity index (χ4v) is 1.52. The van der Waals surface area contributed by atoms with Crippen LogP contribution in [0.2, 0.25) is 0 Å². The molecule has 1 fully saturated rings. The Kier molecular flexibility index (Phi) is 3.40. The van der Waals surface area contributed by atoms with Crippen LogP contribution in [-0.4, -0.2) is 35.9 Å². The Balaban J connectivity index is 2.51. The van der Waals surface area contributed by atoms with E-state index in [1.165, 1.54) is 0 Å². The van der Waals surface area contributed by atoms with Crippen LogP contribution in [0.5, 0.6) is 0 Å². The lowest BCUT2D eigenvalue weighted by Crippen LogP contribution is -2.36. The van der Waals surface area contributed by atoms with E-state index in [1.807, 2.05) is 0 Å². The van der Waals surface area contributed by atoms with Gasteiger partial charge in [-0.15, -0.1) is 0 Å². The van der Waals surface area contributed by atoms with Crippen LogP contribution in [0.25, 0.3) is 0 Å². The quantitative estimate of drug-likeness (QED) is 0.650. The summed E-state index contributed by atoms with van der Waals surface area (Å²) in [6.07, 6.45) is -4.93. The van der Waals surface area contributed by atoms with Crippen LogP contribution >= 0.6 is 0 Å². The number of amides is 1. The average molecular weight is 239 g/mol. The molecule has 1 amide bonds. The molecule has 0 aliphatic carbocycles. The second kappa shape index (κ2) is 4.14. The van der Waals surface area contributed by atoms with Crippen molar-refractivity contribution in [3.8, 4) is 0 Å². The summed E-state index contributed by atoms with van der Waals surface area (Å²) in [5.41, 5.74) is -0.673. The predicted molar refractivity (Wildman–Crippen MR) is 52.0 cm³/mol. The van der Waals surface area contributed by atoms with Crippen molar-refractivity contribution < 1.29 is 22.7 Å². The summed E-state index contributed by atoms with van der Waals surface area (Å²) in [6, 6.07) is 0. The molecule has 0 spiro atoms. The minimum atomic E-state index is -4.23. The molecule has 0 radical (unpaired) electrons. The first-order valence-corrected chi connectivity index (χ1v) is 5.14. The van der Waals surface area contributed by atoms with Gasteiger partial charge >= 0.3 is 12.3 Å². The third-order valence-corrected chi connectivity index (χ3v) is 2.30. The summed E-state index contributed by atoms with van der Waals surface area (Å²) in [5.74, 6) is -1.42. The van der Waals surface area contributed by atoms with Crippen molar-refractivity contribution in [2.75, 3.05) is 13.1 Å². The summed E-state index contributed by atoms with van der Waals surface area (Å²) in [4.78, 5) is 12.6. The Bertz CT molecular complexity index is 270. The standard InChI is InChI=1S/C10H16F3NO2/c1-9(2,3)16-8(15)14-5-4-7(6-14)10(11,12)13/h7H,4-6H2,1-3H3/t7-/m0/s1. The van der Waals surface area contributed by atoms with Gasteiger partial charge in [-0.2, -0.15) is 13.2 Å². The lowest BCUT2D eigenvalue weighted by molar-refractivity contribution is -0.170. The number of carbonyl (C=O) groups is 1. The van der Waals surface area contributed by atoms with Crippen molar-refractivity contribution in [1.29, 1.82) is 0 Å².